The summed E-state index contributed by atoms with van der Waals surface area (Å²) in [6.45, 7) is -0.406. The van der Waals surface area contributed by atoms with Crippen molar-refractivity contribution in [1.29, 1.82) is 0 Å². The number of hydrogen-bond acceptors (Lipinski definition) is 6. The lowest BCUT2D eigenvalue weighted by atomic mass is 10.1. The van der Waals surface area contributed by atoms with Gasteiger partial charge < -0.3 is 21.1 Å². The first-order valence-electron chi connectivity index (χ1n) is 6.09. The highest BCUT2D eigenvalue weighted by Gasteiger charge is 2.34. The van der Waals surface area contributed by atoms with Gasteiger partial charge in [-0.25, -0.2) is 8.42 Å². The van der Waals surface area contributed by atoms with Gasteiger partial charge >= 0.3 is 0 Å². The molecule has 114 valence electrons. The largest absolute Gasteiger partial charge is 0.399 e. The smallest absolute Gasteiger partial charge is 0.241 e. The second-order valence-corrected chi connectivity index (χ2v) is 6.23. The Kier molecular flexibility index (Phi) is 5.49. The van der Waals surface area contributed by atoms with Crippen LogP contribution >= 0.6 is 0 Å². The summed E-state index contributed by atoms with van der Waals surface area (Å²) < 4.78 is 26.9. The molecule has 0 heterocycles. The van der Waals surface area contributed by atoms with Crippen molar-refractivity contribution in [2.45, 2.75) is 23.8 Å². The average molecular weight is 304 g/mol. The molecule has 1 aromatic rings. The molecule has 20 heavy (non-hydrogen) atoms. The number of rotatable bonds is 7. The Balaban J connectivity index is 3.27. The minimum atomic E-state index is -4.03. The molecule has 0 saturated carbocycles. The van der Waals surface area contributed by atoms with E-state index in [2.05, 4.69) is 4.72 Å². The van der Waals surface area contributed by atoms with Crippen LogP contribution in [0.4, 0.5) is 5.69 Å². The zero-order valence-corrected chi connectivity index (χ0v) is 12.0. The number of benzene rings is 1. The predicted molar refractivity (Wildman–Crippen MR) is 74.5 cm³/mol. The first-order chi connectivity index (χ1) is 9.34. The molecule has 7 nitrogen and oxygen atoms in total. The molecular weight excluding hydrogens is 284 g/mol. The molecule has 8 heteroatoms. The zero-order chi connectivity index (χ0) is 15.4. The molecule has 0 aliphatic heterocycles. The van der Waals surface area contributed by atoms with E-state index in [0.717, 1.165) is 0 Å². The topological polar surface area (TPSA) is 133 Å². The zero-order valence-electron chi connectivity index (χ0n) is 11.2. The highest BCUT2D eigenvalue weighted by atomic mass is 32.2. The number of sulfonamides is 1. The van der Waals surface area contributed by atoms with Crippen LogP contribution in [0, 0.1) is 0 Å². The van der Waals surface area contributed by atoms with E-state index in [4.69, 9.17) is 5.73 Å². The van der Waals surface area contributed by atoms with E-state index in [-0.39, 0.29) is 10.6 Å². The van der Waals surface area contributed by atoms with Crippen molar-refractivity contribution in [3.63, 3.8) is 0 Å². The molecule has 0 radical (unpaired) electrons. The van der Waals surface area contributed by atoms with E-state index < -0.39 is 35.4 Å². The molecule has 0 fully saturated rings. The standard InChI is InChI=1S/C12H20N2O5S/c1-2-9-3-4-10(13)5-11(9)20(18,19)14-12(6-15,7-16)8-17/h3-5,14-17H,2,6-8,13H2,1H3. The Morgan fingerprint density at radius 1 is 1.20 bits per heavy atom. The molecule has 1 rings (SSSR count). The summed E-state index contributed by atoms with van der Waals surface area (Å²) in [5, 5.41) is 27.6. The van der Waals surface area contributed by atoms with Crippen molar-refractivity contribution >= 4 is 15.7 Å². The number of nitrogen functional groups attached to an aromatic ring is 1. The van der Waals surface area contributed by atoms with Crippen LogP contribution in [0.25, 0.3) is 0 Å². The van der Waals surface area contributed by atoms with E-state index in [1.807, 2.05) is 0 Å². The molecule has 6 N–H and O–H groups in total. The van der Waals surface area contributed by atoms with Gasteiger partial charge in [0.1, 0.15) is 5.54 Å². The monoisotopic (exact) mass is 304 g/mol. The molecule has 0 spiro atoms. The predicted octanol–water partition coefficient (Wildman–Crippen LogP) is -1.17. The second-order valence-electron chi connectivity index (χ2n) is 4.58. The highest BCUT2D eigenvalue weighted by Crippen LogP contribution is 2.21. The van der Waals surface area contributed by atoms with E-state index in [0.29, 0.717) is 12.0 Å². The van der Waals surface area contributed by atoms with E-state index in [9.17, 15) is 23.7 Å². The molecule has 0 bridgehead atoms. The van der Waals surface area contributed by atoms with Gasteiger partial charge in [0, 0.05) is 5.69 Å². The van der Waals surface area contributed by atoms with Crippen LogP contribution < -0.4 is 10.5 Å². The average Bonchev–Trinajstić information content (AvgIpc) is 2.45. The quantitative estimate of drug-likeness (QED) is 0.403. The van der Waals surface area contributed by atoms with Gasteiger partial charge in [0.05, 0.1) is 24.7 Å². The maximum absolute atomic E-state index is 12.4. The summed E-state index contributed by atoms with van der Waals surface area (Å²) in [5.74, 6) is 0. The molecular formula is C12H20N2O5S. The van der Waals surface area contributed by atoms with Crippen LogP contribution in [0.2, 0.25) is 0 Å². The third-order valence-electron chi connectivity index (χ3n) is 3.02. The van der Waals surface area contributed by atoms with Crippen molar-refractivity contribution in [2.24, 2.45) is 0 Å². The normalized spacial score (nSPS) is 12.6. The molecule has 1 aromatic carbocycles. The minimum absolute atomic E-state index is 0.0280. The van der Waals surface area contributed by atoms with Crippen molar-refractivity contribution in [3.05, 3.63) is 23.8 Å². The highest BCUT2D eigenvalue weighted by molar-refractivity contribution is 7.89. The molecule has 0 aliphatic rings. The van der Waals surface area contributed by atoms with Gasteiger partial charge in [-0.15, -0.1) is 0 Å². The number of aliphatic hydroxyl groups is 3. The number of aliphatic hydroxyl groups excluding tert-OH is 3. The SMILES string of the molecule is CCc1ccc(N)cc1S(=O)(=O)NC(CO)(CO)CO. The number of nitrogens with two attached hydrogens (primary N) is 1. The van der Waals surface area contributed by atoms with Gasteiger partial charge in [-0.05, 0) is 24.1 Å². The summed E-state index contributed by atoms with van der Waals surface area (Å²) in [4.78, 5) is -0.0280. The van der Waals surface area contributed by atoms with Gasteiger partial charge in [0.15, 0.2) is 0 Å². The van der Waals surface area contributed by atoms with Gasteiger partial charge in [-0.2, -0.15) is 4.72 Å². The Bertz CT molecular complexity index is 547. The number of anilines is 1. The summed E-state index contributed by atoms with van der Waals surface area (Å²) in [7, 11) is -4.03. The lowest BCUT2D eigenvalue weighted by molar-refractivity contribution is 0.0582. The van der Waals surface area contributed by atoms with Gasteiger partial charge in [0.2, 0.25) is 10.0 Å². The maximum Gasteiger partial charge on any atom is 0.241 e. The number of hydrogen-bond donors (Lipinski definition) is 5. The first kappa shape index (κ1) is 16.9. The molecule has 0 amide bonds. The Hall–Kier alpha value is -1.19. The third kappa shape index (κ3) is 3.47. The van der Waals surface area contributed by atoms with Crippen molar-refractivity contribution in [3.8, 4) is 0 Å². The summed E-state index contributed by atoms with van der Waals surface area (Å²) in [6.07, 6.45) is 0.473. The lowest BCUT2D eigenvalue weighted by Gasteiger charge is -2.28. The van der Waals surface area contributed by atoms with Crippen molar-refractivity contribution < 1.29 is 23.7 Å². The fourth-order valence-electron chi connectivity index (χ4n) is 1.70. The summed E-state index contributed by atoms with van der Waals surface area (Å²) >= 11 is 0. The Morgan fingerprint density at radius 3 is 2.20 bits per heavy atom. The minimum Gasteiger partial charge on any atom is -0.399 e. The van der Waals surface area contributed by atoms with Crippen LogP contribution in [0.1, 0.15) is 12.5 Å². The summed E-state index contributed by atoms with van der Waals surface area (Å²) in [5.41, 5.74) is 4.72. The number of nitrogens with one attached hydrogen (secondary N) is 1. The molecule has 0 saturated heterocycles. The fraction of sp³-hybridized carbons (Fsp3) is 0.500. The first-order valence-corrected chi connectivity index (χ1v) is 7.57. The van der Waals surface area contributed by atoms with E-state index in [1.165, 1.54) is 6.07 Å². The van der Waals surface area contributed by atoms with Crippen LogP contribution in [0.3, 0.4) is 0 Å². The van der Waals surface area contributed by atoms with Crippen LogP contribution in [0.15, 0.2) is 23.1 Å². The van der Waals surface area contributed by atoms with E-state index in [1.54, 1.807) is 19.1 Å². The van der Waals surface area contributed by atoms with Gasteiger partial charge in [-0.3, -0.25) is 0 Å². The molecule has 0 aliphatic carbocycles. The van der Waals surface area contributed by atoms with E-state index >= 15 is 0 Å². The maximum atomic E-state index is 12.4. The Morgan fingerprint density at radius 2 is 1.75 bits per heavy atom. The van der Waals surface area contributed by atoms with Crippen molar-refractivity contribution in [1.82, 2.24) is 4.72 Å². The fourth-order valence-corrected chi connectivity index (χ4v) is 3.42. The second kappa shape index (κ2) is 6.51. The molecule has 0 aromatic heterocycles. The molecule has 0 atom stereocenters. The molecule has 0 unspecified atom stereocenters. The van der Waals surface area contributed by atoms with Crippen LogP contribution in [0.5, 0.6) is 0 Å². The number of aryl methyl sites for hydroxylation is 1. The lowest BCUT2D eigenvalue weighted by Crippen LogP contribution is -2.56. The van der Waals surface area contributed by atoms with Crippen LogP contribution in [-0.4, -0.2) is 49.1 Å². The summed E-state index contributed by atoms with van der Waals surface area (Å²) in [6, 6.07) is 4.50. The van der Waals surface area contributed by atoms with Crippen molar-refractivity contribution in [2.75, 3.05) is 25.6 Å². The van der Waals surface area contributed by atoms with Gasteiger partial charge in [-0.1, -0.05) is 13.0 Å². The Labute approximate surface area is 118 Å². The van der Waals surface area contributed by atoms with Gasteiger partial charge in [0.25, 0.3) is 0 Å². The van der Waals surface area contributed by atoms with Crippen LogP contribution in [-0.2, 0) is 16.4 Å². The third-order valence-corrected chi connectivity index (χ3v) is 4.68.